The number of nitrogens with zero attached hydrogens (tertiary/aromatic N) is 1. The van der Waals surface area contributed by atoms with Crippen molar-refractivity contribution in [2.45, 2.75) is 31.4 Å². The van der Waals surface area contributed by atoms with Crippen molar-refractivity contribution in [2.75, 3.05) is 31.9 Å². The Morgan fingerprint density at radius 2 is 2.44 bits per heavy atom. The van der Waals surface area contributed by atoms with E-state index in [9.17, 15) is 4.79 Å². The van der Waals surface area contributed by atoms with Crippen LogP contribution in [0.3, 0.4) is 0 Å². The highest BCUT2D eigenvalue weighted by molar-refractivity contribution is 8.00. The highest BCUT2D eigenvalue weighted by atomic mass is 32.2. The molecule has 2 aliphatic rings. The number of carbonyl (C=O) groups excluding carboxylic acids is 1. The van der Waals surface area contributed by atoms with Crippen molar-refractivity contribution in [3.05, 3.63) is 0 Å². The van der Waals surface area contributed by atoms with E-state index in [1.807, 2.05) is 11.8 Å². The Morgan fingerprint density at radius 3 is 3.12 bits per heavy atom. The van der Waals surface area contributed by atoms with Crippen LogP contribution in [0.25, 0.3) is 0 Å². The average Bonchev–Trinajstić information content (AvgIpc) is 2.39. The molecule has 2 fully saturated rings. The molecule has 92 valence electrons. The lowest BCUT2D eigenvalue weighted by Crippen LogP contribution is -2.48. The fourth-order valence-corrected chi connectivity index (χ4v) is 3.67. The molecule has 0 saturated carbocycles. The largest absolute Gasteiger partial charge is 0.340 e. The second-order valence-electron chi connectivity index (χ2n) is 4.73. The molecule has 2 saturated heterocycles. The number of rotatable bonds is 2. The first-order valence-corrected chi connectivity index (χ1v) is 7.47. The van der Waals surface area contributed by atoms with Crippen molar-refractivity contribution < 1.29 is 4.79 Å². The summed E-state index contributed by atoms with van der Waals surface area (Å²) in [5.41, 5.74) is 0. The summed E-state index contributed by atoms with van der Waals surface area (Å²) in [4.78, 5) is 14.4. The van der Waals surface area contributed by atoms with Crippen LogP contribution >= 0.6 is 11.8 Å². The van der Waals surface area contributed by atoms with Crippen molar-refractivity contribution in [2.24, 2.45) is 5.92 Å². The summed E-state index contributed by atoms with van der Waals surface area (Å²) in [6.45, 7) is 6.11. The number of thioether (sulfide) groups is 1. The first-order chi connectivity index (χ1) is 7.81. The number of nitrogens with one attached hydrogen (secondary N) is 1. The Labute approximate surface area is 102 Å². The molecular formula is C12H22N2OS. The lowest BCUT2D eigenvalue weighted by molar-refractivity contribution is -0.136. The van der Waals surface area contributed by atoms with Crippen LogP contribution in [0.5, 0.6) is 0 Å². The number of amides is 1. The highest BCUT2D eigenvalue weighted by Crippen LogP contribution is 2.23. The molecule has 1 N–H and O–H groups in total. The summed E-state index contributed by atoms with van der Waals surface area (Å²) in [6, 6.07) is 0. The van der Waals surface area contributed by atoms with Crippen LogP contribution in [0.4, 0.5) is 0 Å². The zero-order valence-electron chi connectivity index (χ0n) is 10.1. The minimum absolute atomic E-state index is 0.245. The minimum Gasteiger partial charge on any atom is -0.340 e. The van der Waals surface area contributed by atoms with E-state index < -0.39 is 0 Å². The van der Waals surface area contributed by atoms with Crippen molar-refractivity contribution in [1.29, 1.82) is 0 Å². The van der Waals surface area contributed by atoms with Crippen LogP contribution in [-0.2, 0) is 4.79 Å². The number of hydrogen-bond acceptors (Lipinski definition) is 3. The van der Waals surface area contributed by atoms with E-state index in [-0.39, 0.29) is 5.92 Å². The van der Waals surface area contributed by atoms with Crippen LogP contribution in [-0.4, -0.2) is 48.0 Å². The van der Waals surface area contributed by atoms with Gasteiger partial charge in [0, 0.05) is 30.6 Å². The smallest absolute Gasteiger partial charge is 0.227 e. The quantitative estimate of drug-likeness (QED) is 0.793. The molecular weight excluding hydrogens is 220 g/mol. The predicted molar refractivity (Wildman–Crippen MR) is 68.7 cm³/mol. The van der Waals surface area contributed by atoms with Gasteiger partial charge in [0.25, 0.3) is 0 Å². The van der Waals surface area contributed by atoms with E-state index in [2.05, 4.69) is 17.1 Å². The van der Waals surface area contributed by atoms with Gasteiger partial charge < -0.3 is 10.2 Å². The Morgan fingerprint density at radius 1 is 1.56 bits per heavy atom. The summed E-state index contributed by atoms with van der Waals surface area (Å²) in [5, 5.41) is 3.99. The zero-order valence-corrected chi connectivity index (χ0v) is 10.9. The Bertz CT molecular complexity index is 241. The zero-order chi connectivity index (χ0) is 11.4. The van der Waals surface area contributed by atoms with Crippen molar-refractivity contribution >= 4 is 17.7 Å². The van der Waals surface area contributed by atoms with Gasteiger partial charge in [0.05, 0.1) is 5.92 Å². The normalized spacial score (nSPS) is 31.4. The van der Waals surface area contributed by atoms with Gasteiger partial charge in [0.1, 0.15) is 0 Å². The Balaban J connectivity index is 1.87. The number of piperidine rings is 1. The third kappa shape index (κ3) is 2.92. The van der Waals surface area contributed by atoms with Gasteiger partial charge in [-0.2, -0.15) is 11.8 Å². The SMILES string of the molecule is CCC1CN(C(=O)C2CCCNC2)CCS1. The molecule has 1 amide bonds. The number of carbonyl (C=O) groups is 1. The van der Waals surface area contributed by atoms with Gasteiger partial charge in [-0.15, -0.1) is 0 Å². The summed E-state index contributed by atoms with van der Waals surface area (Å²) >= 11 is 2.02. The summed E-state index contributed by atoms with van der Waals surface area (Å²) in [5.74, 6) is 1.75. The molecule has 0 bridgehead atoms. The molecule has 0 spiro atoms. The Hall–Kier alpha value is -0.220. The fraction of sp³-hybridized carbons (Fsp3) is 0.917. The van der Waals surface area contributed by atoms with E-state index in [0.717, 1.165) is 44.8 Å². The van der Waals surface area contributed by atoms with E-state index in [4.69, 9.17) is 0 Å². The summed E-state index contributed by atoms with van der Waals surface area (Å²) in [7, 11) is 0. The molecule has 0 aliphatic carbocycles. The van der Waals surface area contributed by atoms with E-state index in [0.29, 0.717) is 11.2 Å². The molecule has 4 heteroatoms. The van der Waals surface area contributed by atoms with Gasteiger partial charge >= 0.3 is 0 Å². The van der Waals surface area contributed by atoms with Gasteiger partial charge in [0.2, 0.25) is 5.91 Å². The maximum atomic E-state index is 12.3. The molecule has 0 aromatic heterocycles. The molecule has 2 aliphatic heterocycles. The molecule has 0 aromatic carbocycles. The third-order valence-electron chi connectivity index (χ3n) is 3.55. The van der Waals surface area contributed by atoms with Crippen molar-refractivity contribution in [1.82, 2.24) is 10.2 Å². The van der Waals surface area contributed by atoms with Crippen molar-refractivity contribution in [3.63, 3.8) is 0 Å². The number of hydrogen-bond donors (Lipinski definition) is 1. The van der Waals surface area contributed by atoms with E-state index >= 15 is 0 Å². The van der Waals surface area contributed by atoms with Gasteiger partial charge in [-0.25, -0.2) is 0 Å². The lowest BCUT2D eigenvalue weighted by Gasteiger charge is -2.35. The summed E-state index contributed by atoms with van der Waals surface area (Å²) in [6.07, 6.45) is 3.40. The third-order valence-corrected chi connectivity index (χ3v) is 4.92. The molecule has 2 atom stereocenters. The standard InChI is InChI=1S/C12H22N2OS/c1-2-11-9-14(6-7-16-11)12(15)10-4-3-5-13-8-10/h10-11,13H,2-9H2,1H3. The predicted octanol–water partition coefficient (Wildman–Crippen LogP) is 1.34. The monoisotopic (exact) mass is 242 g/mol. The van der Waals surface area contributed by atoms with Gasteiger partial charge in [-0.3, -0.25) is 4.79 Å². The summed E-state index contributed by atoms with van der Waals surface area (Å²) < 4.78 is 0. The van der Waals surface area contributed by atoms with Crippen LogP contribution in [0.2, 0.25) is 0 Å². The maximum Gasteiger partial charge on any atom is 0.227 e. The first-order valence-electron chi connectivity index (χ1n) is 6.42. The molecule has 2 unspecified atom stereocenters. The van der Waals surface area contributed by atoms with Gasteiger partial charge in [-0.1, -0.05) is 6.92 Å². The lowest BCUT2D eigenvalue weighted by atomic mass is 9.98. The molecule has 16 heavy (non-hydrogen) atoms. The minimum atomic E-state index is 0.245. The molecule has 3 nitrogen and oxygen atoms in total. The highest BCUT2D eigenvalue weighted by Gasteiger charge is 2.29. The van der Waals surface area contributed by atoms with Crippen molar-refractivity contribution in [3.8, 4) is 0 Å². The molecule has 0 radical (unpaired) electrons. The van der Waals surface area contributed by atoms with Crippen LogP contribution < -0.4 is 5.32 Å². The molecule has 0 aromatic rings. The van der Waals surface area contributed by atoms with E-state index in [1.165, 1.54) is 6.42 Å². The van der Waals surface area contributed by atoms with Crippen LogP contribution in [0.1, 0.15) is 26.2 Å². The van der Waals surface area contributed by atoms with Crippen LogP contribution in [0.15, 0.2) is 0 Å². The topological polar surface area (TPSA) is 32.3 Å². The molecule has 2 heterocycles. The Kier molecular flexibility index (Phi) is 4.53. The van der Waals surface area contributed by atoms with E-state index in [1.54, 1.807) is 0 Å². The van der Waals surface area contributed by atoms with Gasteiger partial charge in [0.15, 0.2) is 0 Å². The first kappa shape index (κ1) is 12.2. The maximum absolute atomic E-state index is 12.3. The second kappa shape index (κ2) is 5.92. The molecule has 2 rings (SSSR count). The van der Waals surface area contributed by atoms with Gasteiger partial charge in [-0.05, 0) is 25.8 Å². The second-order valence-corrected chi connectivity index (χ2v) is 6.14. The fourth-order valence-electron chi connectivity index (χ4n) is 2.49. The average molecular weight is 242 g/mol. The van der Waals surface area contributed by atoms with Crippen LogP contribution in [0, 0.1) is 5.92 Å².